The Morgan fingerprint density at radius 1 is 1.08 bits per heavy atom. The van der Waals surface area contributed by atoms with Crippen LogP contribution >= 0.6 is 0 Å². The van der Waals surface area contributed by atoms with E-state index in [0.29, 0.717) is 11.7 Å². The maximum absolute atomic E-state index is 12.1. The van der Waals surface area contributed by atoms with Crippen LogP contribution in [0.15, 0.2) is 53.4 Å². The molecular weight excluding hydrogens is 326 g/mol. The van der Waals surface area contributed by atoms with E-state index in [0.717, 1.165) is 17.5 Å². The molecular formula is C18H21NO4S. The topological polar surface area (TPSA) is 72.5 Å². The number of anilines is 1. The third-order valence-corrected chi connectivity index (χ3v) is 4.61. The van der Waals surface area contributed by atoms with Gasteiger partial charge >= 0.3 is 0 Å². The van der Waals surface area contributed by atoms with Gasteiger partial charge in [-0.1, -0.05) is 32.0 Å². The zero-order valence-electron chi connectivity index (χ0n) is 13.9. The highest BCUT2D eigenvalue weighted by Crippen LogP contribution is 2.23. The van der Waals surface area contributed by atoms with Gasteiger partial charge in [0.25, 0.3) is 5.91 Å². The van der Waals surface area contributed by atoms with Crippen LogP contribution in [0.5, 0.6) is 5.75 Å². The van der Waals surface area contributed by atoms with Gasteiger partial charge in [-0.15, -0.1) is 0 Å². The summed E-state index contributed by atoms with van der Waals surface area (Å²) in [6, 6.07) is 13.6. The van der Waals surface area contributed by atoms with Gasteiger partial charge < -0.3 is 10.1 Å². The summed E-state index contributed by atoms with van der Waals surface area (Å²) >= 11 is 0. The molecule has 0 bridgehead atoms. The van der Waals surface area contributed by atoms with Crippen LogP contribution < -0.4 is 10.1 Å². The standard InChI is InChI=1S/C18H21NO4S/c1-13(2)16-6-4-5-7-17(16)19-18(20)12-23-14-8-10-15(11-9-14)24(3,21)22/h4-11,13H,12H2,1-3H3,(H,19,20). The molecule has 0 aliphatic rings. The second-order valence-corrected chi connectivity index (χ2v) is 7.84. The van der Waals surface area contributed by atoms with E-state index >= 15 is 0 Å². The fourth-order valence-electron chi connectivity index (χ4n) is 2.23. The lowest BCUT2D eigenvalue weighted by molar-refractivity contribution is -0.118. The van der Waals surface area contributed by atoms with Gasteiger partial charge in [-0.2, -0.15) is 0 Å². The van der Waals surface area contributed by atoms with Crippen LogP contribution in [0.2, 0.25) is 0 Å². The van der Waals surface area contributed by atoms with E-state index in [2.05, 4.69) is 19.2 Å². The molecule has 0 aliphatic heterocycles. The summed E-state index contributed by atoms with van der Waals surface area (Å²) in [7, 11) is -3.24. The molecule has 2 rings (SSSR count). The first-order valence-electron chi connectivity index (χ1n) is 7.59. The van der Waals surface area contributed by atoms with Gasteiger partial charge in [0.05, 0.1) is 4.90 Å². The zero-order valence-corrected chi connectivity index (χ0v) is 14.8. The Morgan fingerprint density at radius 2 is 1.71 bits per heavy atom. The van der Waals surface area contributed by atoms with Crippen LogP contribution in [-0.4, -0.2) is 27.2 Å². The number of para-hydroxylation sites is 1. The highest BCUT2D eigenvalue weighted by Gasteiger charge is 2.10. The molecule has 0 atom stereocenters. The van der Waals surface area contributed by atoms with Gasteiger partial charge in [-0.05, 0) is 41.8 Å². The molecule has 0 fully saturated rings. The molecule has 0 spiro atoms. The summed E-state index contributed by atoms with van der Waals surface area (Å²) < 4.78 is 28.2. The van der Waals surface area contributed by atoms with E-state index in [4.69, 9.17) is 4.74 Å². The number of rotatable bonds is 6. The highest BCUT2D eigenvalue weighted by molar-refractivity contribution is 7.90. The molecule has 1 amide bonds. The predicted octanol–water partition coefficient (Wildman–Crippen LogP) is 3.23. The van der Waals surface area contributed by atoms with Crippen molar-refractivity contribution in [1.82, 2.24) is 0 Å². The van der Waals surface area contributed by atoms with Crippen LogP contribution in [0.3, 0.4) is 0 Å². The number of carbonyl (C=O) groups excluding carboxylic acids is 1. The molecule has 24 heavy (non-hydrogen) atoms. The lowest BCUT2D eigenvalue weighted by Gasteiger charge is -2.14. The van der Waals surface area contributed by atoms with E-state index in [1.807, 2.05) is 24.3 Å². The number of nitrogens with one attached hydrogen (secondary N) is 1. The first-order chi connectivity index (χ1) is 11.3. The van der Waals surface area contributed by atoms with Gasteiger partial charge in [0.2, 0.25) is 0 Å². The fraction of sp³-hybridized carbons (Fsp3) is 0.278. The van der Waals surface area contributed by atoms with E-state index in [9.17, 15) is 13.2 Å². The second kappa shape index (κ2) is 7.49. The van der Waals surface area contributed by atoms with Gasteiger partial charge in [0, 0.05) is 11.9 Å². The lowest BCUT2D eigenvalue weighted by atomic mass is 10.0. The maximum Gasteiger partial charge on any atom is 0.262 e. The number of benzene rings is 2. The van der Waals surface area contributed by atoms with E-state index < -0.39 is 9.84 Å². The van der Waals surface area contributed by atoms with E-state index in [1.165, 1.54) is 24.3 Å². The molecule has 128 valence electrons. The Kier molecular flexibility index (Phi) is 5.62. The first kappa shape index (κ1) is 18.0. The van der Waals surface area contributed by atoms with Gasteiger partial charge in [0.15, 0.2) is 16.4 Å². The van der Waals surface area contributed by atoms with Crippen molar-refractivity contribution in [2.45, 2.75) is 24.7 Å². The molecule has 0 aliphatic carbocycles. The fourth-order valence-corrected chi connectivity index (χ4v) is 2.86. The average Bonchev–Trinajstić information content (AvgIpc) is 2.53. The smallest absolute Gasteiger partial charge is 0.262 e. The predicted molar refractivity (Wildman–Crippen MR) is 94.2 cm³/mol. The summed E-state index contributed by atoms with van der Waals surface area (Å²) in [4.78, 5) is 12.3. The normalized spacial score (nSPS) is 11.3. The van der Waals surface area contributed by atoms with Gasteiger partial charge in [-0.25, -0.2) is 8.42 Å². The third-order valence-electron chi connectivity index (χ3n) is 3.48. The summed E-state index contributed by atoms with van der Waals surface area (Å²) in [5, 5.41) is 2.84. The molecule has 2 aromatic carbocycles. The molecule has 0 aromatic heterocycles. The van der Waals surface area contributed by atoms with Crippen molar-refractivity contribution >= 4 is 21.4 Å². The average molecular weight is 347 g/mol. The highest BCUT2D eigenvalue weighted by atomic mass is 32.2. The molecule has 5 nitrogen and oxygen atoms in total. The summed E-state index contributed by atoms with van der Waals surface area (Å²) in [5.74, 6) is 0.468. The largest absolute Gasteiger partial charge is 0.484 e. The number of hydrogen-bond acceptors (Lipinski definition) is 4. The van der Waals surface area contributed by atoms with Crippen molar-refractivity contribution in [3.63, 3.8) is 0 Å². The molecule has 0 saturated heterocycles. The van der Waals surface area contributed by atoms with Crippen LogP contribution in [0.4, 0.5) is 5.69 Å². The monoisotopic (exact) mass is 347 g/mol. The van der Waals surface area contributed by atoms with Crippen LogP contribution in [0, 0.1) is 0 Å². The minimum absolute atomic E-state index is 0.148. The minimum atomic E-state index is -3.24. The Morgan fingerprint density at radius 3 is 2.29 bits per heavy atom. The zero-order chi connectivity index (χ0) is 17.7. The number of carbonyl (C=O) groups is 1. The Labute approximate surface area is 142 Å². The van der Waals surface area contributed by atoms with Gasteiger partial charge in [0.1, 0.15) is 5.75 Å². The third kappa shape index (κ3) is 4.83. The minimum Gasteiger partial charge on any atom is -0.484 e. The van der Waals surface area contributed by atoms with Crippen molar-refractivity contribution in [2.75, 3.05) is 18.2 Å². The van der Waals surface area contributed by atoms with E-state index in [-0.39, 0.29) is 17.4 Å². The molecule has 1 N–H and O–H groups in total. The Hall–Kier alpha value is -2.34. The number of ether oxygens (including phenoxy) is 1. The quantitative estimate of drug-likeness (QED) is 0.871. The number of hydrogen-bond donors (Lipinski definition) is 1. The Balaban J connectivity index is 1.97. The summed E-state index contributed by atoms with van der Waals surface area (Å²) in [6.07, 6.45) is 1.14. The van der Waals surface area contributed by atoms with Crippen LogP contribution in [-0.2, 0) is 14.6 Å². The van der Waals surface area contributed by atoms with E-state index in [1.54, 1.807) is 0 Å². The molecule has 0 heterocycles. The summed E-state index contributed by atoms with van der Waals surface area (Å²) in [6.45, 7) is 3.97. The molecule has 6 heteroatoms. The molecule has 0 radical (unpaired) electrons. The van der Waals surface area contributed by atoms with Gasteiger partial charge in [-0.3, -0.25) is 4.79 Å². The first-order valence-corrected chi connectivity index (χ1v) is 9.48. The van der Waals surface area contributed by atoms with Crippen LogP contribution in [0.1, 0.15) is 25.3 Å². The maximum atomic E-state index is 12.1. The number of sulfone groups is 1. The van der Waals surface area contributed by atoms with Crippen molar-refractivity contribution < 1.29 is 17.9 Å². The van der Waals surface area contributed by atoms with Crippen molar-refractivity contribution in [1.29, 1.82) is 0 Å². The SMILES string of the molecule is CC(C)c1ccccc1NC(=O)COc1ccc(S(C)(=O)=O)cc1. The van der Waals surface area contributed by atoms with Crippen molar-refractivity contribution in [2.24, 2.45) is 0 Å². The molecule has 0 saturated carbocycles. The molecule has 0 unspecified atom stereocenters. The van der Waals surface area contributed by atoms with Crippen molar-refractivity contribution in [3.8, 4) is 5.75 Å². The van der Waals surface area contributed by atoms with Crippen molar-refractivity contribution in [3.05, 3.63) is 54.1 Å². The Bertz CT molecular complexity index is 811. The summed E-state index contributed by atoms with van der Waals surface area (Å²) in [5.41, 5.74) is 1.83. The van der Waals surface area contributed by atoms with Crippen LogP contribution in [0.25, 0.3) is 0 Å². The second-order valence-electron chi connectivity index (χ2n) is 5.82. The number of amides is 1. The molecule has 2 aromatic rings. The lowest BCUT2D eigenvalue weighted by Crippen LogP contribution is -2.21.